The molecule has 0 unspecified atom stereocenters. The van der Waals surface area contributed by atoms with Gasteiger partial charge in [0, 0.05) is 73.3 Å². The van der Waals surface area contributed by atoms with Crippen LogP contribution in [-0.4, -0.2) is 57.4 Å². The van der Waals surface area contributed by atoms with Crippen LogP contribution in [0.25, 0.3) is 0 Å². The molecule has 7 heteroatoms. The number of piperidine rings is 1. The number of hydrogen-bond acceptors (Lipinski definition) is 6. The maximum absolute atomic E-state index is 6.26. The van der Waals surface area contributed by atoms with Gasteiger partial charge in [0.2, 0.25) is 0 Å². The lowest BCUT2D eigenvalue weighted by atomic mass is 9.90. The maximum atomic E-state index is 6.26. The van der Waals surface area contributed by atoms with E-state index < -0.39 is 0 Å². The van der Waals surface area contributed by atoms with Crippen molar-refractivity contribution in [3.63, 3.8) is 0 Å². The van der Waals surface area contributed by atoms with E-state index in [1.54, 1.807) is 0 Å². The molecule has 1 N–H and O–H groups in total. The number of nitrogens with one attached hydrogen (secondary N) is 1. The fraction of sp³-hybridized carbons (Fsp3) is 0.450. The molecule has 0 aliphatic carbocycles. The van der Waals surface area contributed by atoms with Crippen molar-refractivity contribution in [2.75, 3.05) is 31.5 Å². The largest absolute Gasteiger partial charge is 0.362 e. The van der Waals surface area contributed by atoms with Crippen molar-refractivity contribution in [2.45, 2.75) is 32.0 Å². The number of aliphatic imine (C=N–C) groups is 1. The van der Waals surface area contributed by atoms with E-state index in [0.29, 0.717) is 0 Å². The Morgan fingerprint density at radius 3 is 2.70 bits per heavy atom. The van der Waals surface area contributed by atoms with Crippen molar-refractivity contribution in [1.82, 2.24) is 19.8 Å². The Labute approximate surface area is 164 Å². The van der Waals surface area contributed by atoms with Gasteiger partial charge in [-0.2, -0.15) is 0 Å². The number of rotatable bonds is 2. The first-order valence-electron chi connectivity index (χ1n) is 9.53. The lowest BCUT2D eigenvalue weighted by Crippen LogP contribution is -2.63. The topological polar surface area (TPSA) is 56.7 Å². The normalized spacial score (nSPS) is 20.8. The highest BCUT2D eigenvalue weighted by Gasteiger charge is 2.46. The molecule has 27 heavy (non-hydrogen) atoms. The van der Waals surface area contributed by atoms with Gasteiger partial charge in [-0.05, 0) is 25.1 Å². The van der Waals surface area contributed by atoms with Gasteiger partial charge in [-0.25, -0.2) is 9.97 Å². The second-order valence-electron chi connectivity index (χ2n) is 7.62. The fourth-order valence-corrected chi connectivity index (χ4v) is 4.63. The number of hydrogen-bond donors (Lipinski definition) is 1. The van der Waals surface area contributed by atoms with E-state index in [9.17, 15) is 0 Å². The predicted octanol–water partition coefficient (Wildman–Crippen LogP) is 2.92. The van der Waals surface area contributed by atoms with Crippen LogP contribution in [0.15, 0.2) is 35.6 Å². The maximum Gasteiger partial charge on any atom is 0.134 e. The molecular weight excluding hydrogens is 360 g/mol. The highest BCUT2D eigenvalue weighted by Crippen LogP contribution is 2.40. The SMILES string of the molecule is Cc1ncc(CN2CCC3(CC2)Nc2cc(Cl)ccc2C2=NCCN23)cn1. The molecule has 1 spiro atoms. The number of anilines is 1. The lowest BCUT2D eigenvalue weighted by molar-refractivity contribution is 0.0894. The van der Waals surface area contributed by atoms with E-state index in [1.807, 2.05) is 31.5 Å². The van der Waals surface area contributed by atoms with Gasteiger partial charge in [-0.15, -0.1) is 0 Å². The summed E-state index contributed by atoms with van der Waals surface area (Å²) in [6, 6.07) is 6.07. The van der Waals surface area contributed by atoms with E-state index in [2.05, 4.69) is 31.2 Å². The first-order chi connectivity index (χ1) is 13.1. The summed E-state index contributed by atoms with van der Waals surface area (Å²) in [5.41, 5.74) is 3.39. The average molecular weight is 383 g/mol. The van der Waals surface area contributed by atoms with E-state index in [4.69, 9.17) is 16.6 Å². The molecule has 1 fully saturated rings. The molecule has 1 saturated heterocycles. The molecule has 3 aliphatic heterocycles. The summed E-state index contributed by atoms with van der Waals surface area (Å²) in [5.74, 6) is 1.95. The van der Waals surface area contributed by atoms with Crippen molar-refractivity contribution in [3.05, 3.63) is 52.6 Å². The summed E-state index contributed by atoms with van der Waals surface area (Å²) < 4.78 is 0. The van der Waals surface area contributed by atoms with E-state index >= 15 is 0 Å². The van der Waals surface area contributed by atoms with E-state index in [-0.39, 0.29) is 5.66 Å². The first-order valence-corrected chi connectivity index (χ1v) is 9.91. The number of nitrogens with zero attached hydrogens (tertiary/aromatic N) is 5. The Bertz CT molecular complexity index is 886. The molecule has 1 aromatic heterocycles. The van der Waals surface area contributed by atoms with E-state index in [1.165, 1.54) is 11.1 Å². The summed E-state index contributed by atoms with van der Waals surface area (Å²) in [6.45, 7) is 6.73. The van der Waals surface area contributed by atoms with Gasteiger partial charge < -0.3 is 10.2 Å². The third-order valence-electron chi connectivity index (χ3n) is 5.87. The Morgan fingerprint density at radius 2 is 1.93 bits per heavy atom. The summed E-state index contributed by atoms with van der Waals surface area (Å²) in [6.07, 6.45) is 5.97. The van der Waals surface area contributed by atoms with Crippen molar-refractivity contribution in [3.8, 4) is 0 Å². The fourth-order valence-electron chi connectivity index (χ4n) is 4.46. The van der Waals surface area contributed by atoms with Gasteiger partial charge in [0.15, 0.2) is 0 Å². The monoisotopic (exact) mass is 382 g/mol. The highest BCUT2D eigenvalue weighted by molar-refractivity contribution is 6.31. The van der Waals surface area contributed by atoms with Crippen LogP contribution >= 0.6 is 11.6 Å². The molecule has 6 nitrogen and oxygen atoms in total. The standard InChI is InChI=1S/C20H23ClN6/c1-14-23-11-15(12-24-14)13-26-7-4-20(5-8-26)25-18-10-16(21)2-3-17(18)19-22-6-9-27(19)20/h2-3,10-12,25H,4-9,13H2,1H3. The molecule has 0 radical (unpaired) electrons. The number of benzene rings is 1. The van der Waals surface area contributed by atoms with Crippen LogP contribution < -0.4 is 5.32 Å². The predicted molar refractivity (Wildman–Crippen MR) is 107 cm³/mol. The Morgan fingerprint density at radius 1 is 1.15 bits per heavy atom. The molecule has 3 aliphatic rings. The summed E-state index contributed by atoms with van der Waals surface area (Å²) >= 11 is 6.26. The van der Waals surface area contributed by atoms with Gasteiger partial charge in [0.05, 0.1) is 6.54 Å². The van der Waals surface area contributed by atoms with E-state index in [0.717, 1.165) is 67.9 Å². The van der Waals surface area contributed by atoms with Gasteiger partial charge in [0.25, 0.3) is 0 Å². The van der Waals surface area contributed by atoms with Crippen LogP contribution in [0.5, 0.6) is 0 Å². The molecule has 5 rings (SSSR count). The molecule has 0 saturated carbocycles. The van der Waals surface area contributed by atoms with Crippen LogP contribution in [0, 0.1) is 6.92 Å². The number of aryl methyl sites for hydroxylation is 1. The summed E-state index contributed by atoms with van der Waals surface area (Å²) in [7, 11) is 0. The zero-order valence-electron chi connectivity index (χ0n) is 15.5. The number of halogens is 1. The molecule has 2 aromatic rings. The van der Waals surface area contributed by atoms with Crippen LogP contribution in [0.4, 0.5) is 5.69 Å². The summed E-state index contributed by atoms with van der Waals surface area (Å²) in [4.78, 5) is 18.4. The smallest absolute Gasteiger partial charge is 0.134 e. The Balaban J connectivity index is 1.35. The zero-order valence-corrected chi connectivity index (χ0v) is 16.2. The van der Waals surface area contributed by atoms with Crippen LogP contribution in [0.2, 0.25) is 5.02 Å². The highest BCUT2D eigenvalue weighted by atomic mass is 35.5. The number of fused-ring (bicyclic) bond motifs is 4. The van der Waals surface area contributed by atoms with Crippen molar-refractivity contribution in [2.24, 2.45) is 4.99 Å². The summed E-state index contributed by atoms with van der Waals surface area (Å²) in [5, 5.41) is 4.59. The van der Waals surface area contributed by atoms with Gasteiger partial charge in [0.1, 0.15) is 17.3 Å². The number of likely N-dealkylation sites (tertiary alicyclic amines) is 1. The van der Waals surface area contributed by atoms with Gasteiger partial charge in [-0.1, -0.05) is 11.6 Å². The minimum atomic E-state index is -0.0622. The molecule has 4 heterocycles. The third kappa shape index (κ3) is 2.97. The number of aromatic nitrogens is 2. The van der Waals surface area contributed by atoms with Crippen LogP contribution in [-0.2, 0) is 6.54 Å². The number of amidine groups is 1. The Hall–Kier alpha value is -2.18. The molecular formula is C20H23ClN6. The van der Waals surface area contributed by atoms with Crippen LogP contribution in [0.3, 0.4) is 0 Å². The Kier molecular flexibility index (Phi) is 4.06. The average Bonchev–Trinajstić information content (AvgIpc) is 3.16. The van der Waals surface area contributed by atoms with Crippen molar-refractivity contribution >= 4 is 23.1 Å². The minimum Gasteiger partial charge on any atom is -0.362 e. The lowest BCUT2D eigenvalue weighted by Gasteiger charge is -2.52. The van der Waals surface area contributed by atoms with Gasteiger partial charge >= 0.3 is 0 Å². The second-order valence-corrected chi connectivity index (χ2v) is 8.05. The quantitative estimate of drug-likeness (QED) is 0.865. The first kappa shape index (κ1) is 17.0. The third-order valence-corrected chi connectivity index (χ3v) is 6.11. The molecule has 0 bridgehead atoms. The zero-order chi connectivity index (χ0) is 18.4. The minimum absolute atomic E-state index is 0.0622. The van der Waals surface area contributed by atoms with Crippen molar-refractivity contribution < 1.29 is 0 Å². The molecule has 0 atom stereocenters. The second kappa shape index (κ2) is 6.46. The van der Waals surface area contributed by atoms with Crippen molar-refractivity contribution in [1.29, 1.82) is 0 Å². The molecule has 140 valence electrons. The van der Waals surface area contributed by atoms with Crippen LogP contribution in [0.1, 0.15) is 29.8 Å². The molecule has 0 amide bonds. The molecule has 1 aromatic carbocycles. The van der Waals surface area contributed by atoms with Gasteiger partial charge in [-0.3, -0.25) is 9.89 Å².